The van der Waals surface area contributed by atoms with Crippen LogP contribution < -0.4 is 10.6 Å². The summed E-state index contributed by atoms with van der Waals surface area (Å²) >= 11 is 8.11. The molecule has 0 saturated heterocycles. The molecule has 0 bridgehead atoms. The molecule has 0 aliphatic heterocycles. The summed E-state index contributed by atoms with van der Waals surface area (Å²) in [5, 5.41) is 26.5. The van der Waals surface area contributed by atoms with Crippen LogP contribution in [0.3, 0.4) is 0 Å². The van der Waals surface area contributed by atoms with Gasteiger partial charge in [0, 0.05) is 36.0 Å². The Labute approximate surface area is 168 Å². The molecule has 0 aromatic heterocycles. The highest BCUT2D eigenvalue weighted by atomic mass is 79.9. The first-order chi connectivity index (χ1) is 12.8. The quantitative estimate of drug-likeness (QED) is 0.274. The van der Waals surface area contributed by atoms with E-state index in [1.54, 1.807) is 31.2 Å². The van der Waals surface area contributed by atoms with Crippen molar-refractivity contribution in [1.82, 2.24) is 5.32 Å². The van der Waals surface area contributed by atoms with Crippen LogP contribution in [-0.4, -0.2) is 27.3 Å². The molecular weight excluding hydrogens is 436 g/mol. The first-order valence-corrected chi connectivity index (χ1v) is 8.92. The topological polar surface area (TPSA) is 117 Å². The first kappa shape index (κ1) is 20.5. The third-order valence-corrected chi connectivity index (χ3v) is 4.15. The number of rotatable bonds is 5. The van der Waals surface area contributed by atoms with E-state index in [0.29, 0.717) is 17.8 Å². The van der Waals surface area contributed by atoms with Crippen LogP contribution in [0, 0.1) is 10.1 Å². The van der Waals surface area contributed by atoms with Gasteiger partial charge in [-0.1, -0.05) is 6.92 Å². The number of hydrogen-bond donors (Lipinski definition) is 3. The third kappa shape index (κ3) is 5.83. The molecule has 8 nitrogen and oxygen atoms in total. The van der Waals surface area contributed by atoms with Crippen LogP contribution in [-0.2, 0) is 4.79 Å². The number of phenols is 1. The van der Waals surface area contributed by atoms with Gasteiger partial charge in [0.25, 0.3) is 5.69 Å². The van der Waals surface area contributed by atoms with Crippen LogP contribution in [0.1, 0.15) is 18.9 Å². The monoisotopic (exact) mass is 450 g/mol. The van der Waals surface area contributed by atoms with Gasteiger partial charge in [-0.05, 0) is 52.4 Å². The number of carbonyl (C=O) groups is 1. The van der Waals surface area contributed by atoms with E-state index in [1.165, 1.54) is 18.3 Å². The second kappa shape index (κ2) is 9.19. The molecule has 3 N–H and O–H groups in total. The maximum atomic E-state index is 11.3. The summed E-state index contributed by atoms with van der Waals surface area (Å²) in [7, 11) is 0. The standard InChI is InChI=1S/C17H15BrN4O4S/c1-2-15(23)21-17(27)20-12-5-3-11(4-6-12)19-9-10-7-13(22(25)26)8-14(18)16(10)24/h3-9,24H,2H2,1H3,(H2,20,21,23,27). The fourth-order valence-corrected chi connectivity index (χ4v) is 2.66. The molecule has 0 unspecified atom stereocenters. The Kier molecular flexibility index (Phi) is 6.97. The molecule has 0 saturated carbocycles. The number of aliphatic imine (C=N–C) groups is 1. The number of carbonyl (C=O) groups excluding carboxylic acids is 1. The lowest BCUT2D eigenvalue weighted by Crippen LogP contribution is -2.33. The molecular formula is C17H15BrN4O4S. The number of anilines is 1. The molecule has 2 aromatic carbocycles. The minimum Gasteiger partial charge on any atom is -0.506 e. The Morgan fingerprint density at radius 1 is 1.37 bits per heavy atom. The molecule has 140 valence electrons. The van der Waals surface area contributed by atoms with Crippen molar-refractivity contribution in [2.45, 2.75) is 13.3 Å². The van der Waals surface area contributed by atoms with Crippen molar-refractivity contribution in [3.63, 3.8) is 0 Å². The van der Waals surface area contributed by atoms with Gasteiger partial charge >= 0.3 is 0 Å². The number of nitro groups is 1. The largest absolute Gasteiger partial charge is 0.506 e. The van der Waals surface area contributed by atoms with E-state index in [4.69, 9.17) is 12.2 Å². The minimum atomic E-state index is -0.553. The SMILES string of the molecule is CCC(=O)NC(=S)Nc1ccc(N=Cc2cc([N+](=O)[O-])cc(Br)c2O)cc1. The smallest absolute Gasteiger partial charge is 0.271 e. The molecule has 0 aliphatic carbocycles. The Balaban J connectivity index is 2.11. The van der Waals surface area contributed by atoms with Crippen LogP contribution >= 0.6 is 28.1 Å². The lowest BCUT2D eigenvalue weighted by molar-refractivity contribution is -0.385. The zero-order valence-corrected chi connectivity index (χ0v) is 16.5. The molecule has 2 aromatic rings. The van der Waals surface area contributed by atoms with Gasteiger partial charge in [-0.2, -0.15) is 0 Å². The minimum absolute atomic E-state index is 0.139. The first-order valence-electron chi connectivity index (χ1n) is 7.72. The van der Waals surface area contributed by atoms with E-state index in [9.17, 15) is 20.0 Å². The van der Waals surface area contributed by atoms with E-state index >= 15 is 0 Å². The summed E-state index contributed by atoms with van der Waals surface area (Å²) in [5.41, 5.74) is 1.27. The molecule has 0 atom stereocenters. The van der Waals surface area contributed by atoms with Gasteiger partial charge in [0.2, 0.25) is 5.91 Å². The second-order valence-electron chi connectivity index (χ2n) is 5.28. The number of benzene rings is 2. The number of thiocarbonyl (C=S) groups is 1. The van der Waals surface area contributed by atoms with Crippen molar-refractivity contribution < 1.29 is 14.8 Å². The number of hydrogen-bond acceptors (Lipinski definition) is 6. The predicted molar refractivity (Wildman–Crippen MR) is 111 cm³/mol. The van der Waals surface area contributed by atoms with Gasteiger partial charge in [0.05, 0.1) is 15.1 Å². The van der Waals surface area contributed by atoms with Gasteiger partial charge in [-0.3, -0.25) is 19.9 Å². The molecule has 10 heteroatoms. The summed E-state index contributed by atoms with van der Waals surface area (Å²) in [6, 6.07) is 9.24. The second-order valence-corrected chi connectivity index (χ2v) is 6.55. The van der Waals surface area contributed by atoms with Gasteiger partial charge in [-0.15, -0.1) is 0 Å². The summed E-state index contributed by atoms with van der Waals surface area (Å²) in [5.74, 6) is -0.323. The average Bonchev–Trinajstić information content (AvgIpc) is 2.63. The number of non-ortho nitro benzene ring substituents is 1. The summed E-state index contributed by atoms with van der Waals surface area (Å²) < 4.78 is 0.209. The average molecular weight is 451 g/mol. The van der Waals surface area contributed by atoms with E-state index in [0.717, 1.165) is 0 Å². The third-order valence-electron chi connectivity index (χ3n) is 3.34. The number of phenolic OH excluding ortho intramolecular Hbond substituents is 1. The van der Waals surface area contributed by atoms with Crippen LogP contribution in [0.4, 0.5) is 17.1 Å². The molecule has 0 aliphatic rings. The number of amides is 1. The van der Waals surface area contributed by atoms with Crippen LogP contribution in [0.15, 0.2) is 45.9 Å². The van der Waals surface area contributed by atoms with E-state index in [-0.39, 0.29) is 32.5 Å². The molecule has 2 rings (SSSR count). The zero-order chi connectivity index (χ0) is 20.0. The van der Waals surface area contributed by atoms with E-state index in [1.807, 2.05) is 0 Å². The van der Waals surface area contributed by atoms with Gasteiger partial charge in [0.1, 0.15) is 5.75 Å². The molecule has 0 radical (unpaired) electrons. The number of halogens is 1. The molecule has 27 heavy (non-hydrogen) atoms. The summed E-state index contributed by atoms with van der Waals surface area (Å²) in [4.78, 5) is 25.8. The summed E-state index contributed by atoms with van der Waals surface area (Å²) in [6.45, 7) is 1.72. The number of nitro benzene ring substituents is 1. The van der Waals surface area contributed by atoms with Crippen LogP contribution in [0.25, 0.3) is 0 Å². The molecule has 0 fully saturated rings. The Hall–Kier alpha value is -2.85. The Morgan fingerprint density at radius 3 is 2.63 bits per heavy atom. The lowest BCUT2D eigenvalue weighted by Gasteiger charge is -2.08. The highest BCUT2D eigenvalue weighted by Crippen LogP contribution is 2.32. The van der Waals surface area contributed by atoms with Crippen molar-refractivity contribution in [3.05, 3.63) is 56.5 Å². The van der Waals surface area contributed by atoms with Crippen molar-refractivity contribution in [1.29, 1.82) is 0 Å². The Bertz CT molecular complexity index is 916. The normalized spacial score (nSPS) is 10.6. The molecule has 0 spiro atoms. The molecule has 1 amide bonds. The number of aromatic hydroxyl groups is 1. The van der Waals surface area contributed by atoms with E-state index in [2.05, 4.69) is 31.6 Å². The Morgan fingerprint density at radius 2 is 2.04 bits per heavy atom. The van der Waals surface area contributed by atoms with E-state index < -0.39 is 4.92 Å². The fourth-order valence-electron chi connectivity index (χ4n) is 1.96. The van der Waals surface area contributed by atoms with Crippen molar-refractivity contribution in [2.75, 3.05) is 5.32 Å². The number of nitrogens with one attached hydrogen (secondary N) is 2. The van der Waals surface area contributed by atoms with Crippen LogP contribution in [0.2, 0.25) is 0 Å². The maximum absolute atomic E-state index is 11.3. The van der Waals surface area contributed by atoms with Crippen molar-refractivity contribution in [3.8, 4) is 5.75 Å². The fraction of sp³-hybridized carbons (Fsp3) is 0.118. The highest BCUT2D eigenvalue weighted by Gasteiger charge is 2.13. The van der Waals surface area contributed by atoms with Gasteiger partial charge in [0.15, 0.2) is 5.11 Å². The van der Waals surface area contributed by atoms with Crippen LogP contribution in [0.5, 0.6) is 5.75 Å². The van der Waals surface area contributed by atoms with Gasteiger partial charge in [-0.25, -0.2) is 0 Å². The highest BCUT2D eigenvalue weighted by molar-refractivity contribution is 9.10. The van der Waals surface area contributed by atoms with Crippen molar-refractivity contribution >= 4 is 62.4 Å². The number of nitrogens with zero attached hydrogens (tertiary/aromatic N) is 2. The van der Waals surface area contributed by atoms with Crippen molar-refractivity contribution in [2.24, 2.45) is 4.99 Å². The summed E-state index contributed by atoms with van der Waals surface area (Å²) in [6.07, 6.45) is 1.66. The van der Waals surface area contributed by atoms with Gasteiger partial charge < -0.3 is 15.7 Å². The zero-order valence-electron chi connectivity index (χ0n) is 14.1. The molecule has 0 heterocycles. The maximum Gasteiger partial charge on any atom is 0.271 e. The predicted octanol–water partition coefficient (Wildman–Crippen LogP) is 4.04. The lowest BCUT2D eigenvalue weighted by atomic mass is 10.2.